The van der Waals surface area contributed by atoms with Crippen LogP contribution in [-0.4, -0.2) is 28.5 Å². The third-order valence-corrected chi connectivity index (χ3v) is 2.91. The van der Waals surface area contributed by atoms with Crippen LogP contribution in [0.2, 0.25) is 0 Å². The van der Waals surface area contributed by atoms with Gasteiger partial charge < -0.3 is 4.74 Å². The van der Waals surface area contributed by atoms with Crippen LogP contribution < -0.4 is 0 Å². The number of Topliss-reactive ketones (excluding diaryl/α,β-unsaturated/α-hetero) is 1. The van der Waals surface area contributed by atoms with Crippen molar-refractivity contribution in [3.05, 3.63) is 35.7 Å². The number of carbonyl (C=O) groups is 2. The number of rotatable bonds is 3. The highest BCUT2D eigenvalue weighted by atomic mass is 16.5. The molecule has 0 bridgehead atoms. The van der Waals surface area contributed by atoms with E-state index in [4.69, 9.17) is 0 Å². The SMILES string of the molecule is COC(=O)C(C)C(=O)c1c(C)nn2ccccc12. The highest BCUT2D eigenvalue weighted by Crippen LogP contribution is 2.19. The van der Waals surface area contributed by atoms with Crippen molar-refractivity contribution in [3.63, 3.8) is 0 Å². The van der Waals surface area contributed by atoms with Crippen LogP contribution in [0.5, 0.6) is 0 Å². The van der Waals surface area contributed by atoms with Gasteiger partial charge in [-0.2, -0.15) is 5.10 Å². The maximum atomic E-state index is 12.3. The third kappa shape index (κ3) is 1.88. The zero-order valence-electron chi connectivity index (χ0n) is 10.5. The Hall–Kier alpha value is -2.17. The van der Waals surface area contributed by atoms with E-state index in [0.29, 0.717) is 16.8 Å². The molecule has 2 aromatic rings. The summed E-state index contributed by atoms with van der Waals surface area (Å²) in [4.78, 5) is 23.7. The lowest BCUT2D eigenvalue weighted by Gasteiger charge is -2.07. The lowest BCUT2D eigenvalue weighted by Crippen LogP contribution is -2.22. The average molecular weight is 246 g/mol. The fourth-order valence-corrected chi connectivity index (χ4v) is 1.92. The molecule has 0 radical (unpaired) electrons. The Morgan fingerprint density at radius 2 is 2.11 bits per heavy atom. The predicted molar refractivity (Wildman–Crippen MR) is 65.4 cm³/mol. The van der Waals surface area contributed by atoms with E-state index in [-0.39, 0.29) is 5.78 Å². The van der Waals surface area contributed by atoms with E-state index >= 15 is 0 Å². The monoisotopic (exact) mass is 246 g/mol. The Labute approximate surface area is 104 Å². The first-order valence-corrected chi connectivity index (χ1v) is 5.62. The molecule has 2 heterocycles. The van der Waals surface area contributed by atoms with Gasteiger partial charge in [0.15, 0.2) is 5.78 Å². The van der Waals surface area contributed by atoms with E-state index in [1.165, 1.54) is 7.11 Å². The molecular formula is C13H14N2O3. The summed E-state index contributed by atoms with van der Waals surface area (Å²) < 4.78 is 6.23. The van der Waals surface area contributed by atoms with Crippen molar-refractivity contribution in [2.24, 2.45) is 5.92 Å². The molecule has 5 heteroatoms. The molecular weight excluding hydrogens is 232 g/mol. The summed E-state index contributed by atoms with van der Waals surface area (Å²) in [6, 6.07) is 5.46. The van der Waals surface area contributed by atoms with Crippen molar-refractivity contribution in [3.8, 4) is 0 Å². The van der Waals surface area contributed by atoms with Gasteiger partial charge in [0.05, 0.1) is 23.9 Å². The minimum absolute atomic E-state index is 0.263. The topological polar surface area (TPSA) is 60.7 Å². The zero-order chi connectivity index (χ0) is 13.3. The largest absolute Gasteiger partial charge is 0.468 e. The molecule has 0 N–H and O–H groups in total. The Morgan fingerprint density at radius 3 is 2.78 bits per heavy atom. The molecule has 0 spiro atoms. The smallest absolute Gasteiger partial charge is 0.316 e. The van der Waals surface area contributed by atoms with Crippen LogP contribution in [0.15, 0.2) is 24.4 Å². The Kier molecular flexibility index (Phi) is 3.14. The maximum Gasteiger partial charge on any atom is 0.316 e. The van der Waals surface area contributed by atoms with Crippen LogP contribution in [-0.2, 0) is 9.53 Å². The molecule has 0 saturated heterocycles. The zero-order valence-corrected chi connectivity index (χ0v) is 10.5. The number of aromatic nitrogens is 2. The van der Waals surface area contributed by atoms with Gasteiger partial charge in [0.2, 0.25) is 0 Å². The molecule has 1 unspecified atom stereocenters. The number of methoxy groups -OCH3 is 1. The number of ketones is 1. The van der Waals surface area contributed by atoms with Crippen LogP contribution in [0, 0.1) is 12.8 Å². The summed E-state index contributed by atoms with van der Waals surface area (Å²) in [5.41, 5.74) is 1.80. The Bertz CT molecular complexity index is 616. The first-order valence-electron chi connectivity index (χ1n) is 5.62. The number of aryl methyl sites for hydroxylation is 1. The van der Waals surface area contributed by atoms with Crippen molar-refractivity contribution in [1.29, 1.82) is 0 Å². The number of nitrogens with zero attached hydrogens (tertiary/aromatic N) is 2. The van der Waals surface area contributed by atoms with Crippen molar-refractivity contribution in [1.82, 2.24) is 9.61 Å². The summed E-state index contributed by atoms with van der Waals surface area (Å²) in [7, 11) is 1.27. The second kappa shape index (κ2) is 4.60. The van der Waals surface area contributed by atoms with Crippen molar-refractivity contribution in [2.75, 3.05) is 7.11 Å². The van der Waals surface area contributed by atoms with E-state index in [1.54, 1.807) is 30.6 Å². The molecule has 0 aliphatic carbocycles. The summed E-state index contributed by atoms with van der Waals surface area (Å²) in [6.07, 6.45) is 1.77. The maximum absolute atomic E-state index is 12.3. The number of fused-ring (bicyclic) bond motifs is 1. The highest BCUT2D eigenvalue weighted by molar-refractivity contribution is 6.12. The van der Waals surface area contributed by atoms with Gasteiger partial charge in [0, 0.05) is 6.20 Å². The van der Waals surface area contributed by atoms with E-state index < -0.39 is 11.9 Å². The summed E-state index contributed by atoms with van der Waals surface area (Å²) in [5.74, 6) is -1.61. The molecule has 18 heavy (non-hydrogen) atoms. The van der Waals surface area contributed by atoms with E-state index in [0.717, 1.165) is 0 Å². The molecule has 0 aliphatic heterocycles. The lowest BCUT2D eigenvalue weighted by atomic mass is 9.98. The van der Waals surface area contributed by atoms with Crippen molar-refractivity contribution in [2.45, 2.75) is 13.8 Å². The summed E-state index contributed by atoms with van der Waals surface area (Å²) in [5, 5.41) is 4.25. The summed E-state index contributed by atoms with van der Waals surface area (Å²) in [6.45, 7) is 3.30. The predicted octanol–water partition coefficient (Wildman–Crippen LogP) is 1.63. The van der Waals surface area contributed by atoms with Crippen LogP contribution in [0.25, 0.3) is 5.52 Å². The van der Waals surface area contributed by atoms with E-state index in [9.17, 15) is 9.59 Å². The molecule has 0 aromatic carbocycles. The number of carbonyl (C=O) groups excluding carboxylic acids is 2. The van der Waals surface area contributed by atoms with Crippen LogP contribution in [0.1, 0.15) is 23.0 Å². The van der Waals surface area contributed by atoms with E-state index in [2.05, 4.69) is 9.84 Å². The number of esters is 1. The minimum atomic E-state index is -0.818. The number of hydrogen-bond donors (Lipinski definition) is 0. The number of pyridine rings is 1. The molecule has 0 aliphatic rings. The molecule has 2 rings (SSSR count). The Morgan fingerprint density at radius 1 is 1.39 bits per heavy atom. The molecule has 1 atom stereocenters. The lowest BCUT2D eigenvalue weighted by molar-refractivity contribution is -0.143. The second-order valence-electron chi connectivity index (χ2n) is 4.10. The molecule has 0 fully saturated rings. The standard InChI is InChI=1S/C13H14N2O3/c1-8(13(17)18-3)12(16)11-9(2)14-15-7-5-4-6-10(11)15/h4-8H,1-3H3. The van der Waals surface area contributed by atoms with Crippen LogP contribution in [0.3, 0.4) is 0 Å². The molecule has 2 aromatic heterocycles. The van der Waals surface area contributed by atoms with Crippen LogP contribution in [0.4, 0.5) is 0 Å². The van der Waals surface area contributed by atoms with Gasteiger partial charge in [-0.1, -0.05) is 6.07 Å². The average Bonchev–Trinajstić information content (AvgIpc) is 2.71. The molecule has 0 amide bonds. The van der Waals surface area contributed by atoms with Gasteiger partial charge in [-0.3, -0.25) is 9.59 Å². The first-order chi connectivity index (χ1) is 8.56. The Balaban J connectivity index is 2.51. The van der Waals surface area contributed by atoms with Gasteiger partial charge in [-0.05, 0) is 26.0 Å². The van der Waals surface area contributed by atoms with Gasteiger partial charge in [-0.15, -0.1) is 0 Å². The number of ether oxygens (including phenoxy) is 1. The molecule has 5 nitrogen and oxygen atoms in total. The van der Waals surface area contributed by atoms with Gasteiger partial charge in [-0.25, -0.2) is 4.52 Å². The fourth-order valence-electron chi connectivity index (χ4n) is 1.92. The number of hydrogen-bond acceptors (Lipinski definition) is 4. The second-order valence-corrected chi connectivity index (χ2v) is 4.10. The van der Waals surface area contributed by atoms with E-state index in [1.807, 2.05) is 12.1 Å². The fraction of sp³-hybridized carbons (Fsp3) is 0.308. The molecule has 94 valence electrons. The molecule has 0 saturated carbocycles. The normalized spacial score (nSPS) is 12.4. The minimum Gasteiger partial charge on any atom is -0.468 e. The van der Waals surface area contributed by atoms with Gasteiger partial charge in [0.25, 0.3) is 0 Å². The van der Waals surface area contributed by atoms with Crippen LogP contribution >= 0.6 is 0 Å². The van der Waals surface area contributed by atoms with Crippen molar-refractivity contribution >= 4 is 17.3 Å². The van der Waals surface area contributed by atoms with Gasteiger partial charge in [0.1, 0.15) is 5.92 Å². The first kappa shape index (κ1) is 12.3. The van der Waals surface area contributed by atoms with Gasteiger partial charge >= 0.3 is 5.97 Å². The van der Waals surface area contributed by atoms with Crippen molar-refractivity contribution < 1.29 is 14.3 Å². The highest BCUT2D eigenvalue weighted by Gasteiger charge is 2.27. The quantitative estimate of drug-likeness (QED) is 0.469. The summed E-state index contributed by atoms with van der Waals surface area (Å²) >= 11 is 0. The third-order valence-electron chi connectivity index (χ3n) is 2.91.